The zero-order valence-corrected chi connectivity index (χ0v) is 10.4. The molecule has 92 valence electrons. The Kier molecular flexibility index (Phi) is 4.77. The molecule has 0 fully saturated rings. The third-order valence-corrected chi connectivity index (χ3v) is 3.26. The van der Waals surface area contributed by atoms with Gasteiger partial charge in [0, 0.05) is 26.2 Å². The van der Waals surface area contributed by atoms with E-state index < -0.39 is 0 Å². The van der Waals surface area contributed by atoms with Crippen molar-refractivity contribution in [1.29, 1.82) is 0 Å². The van der Waals surface area contributed by atoms with Gasteiger partial charge in [0.2, 0.25) is 0 Å². The molecule has 0 radical (unpaired) electrons. The van der Waals surface area contributed by atoms with Crippen LogP contribution in [0, 0.1) is 0 Å². The number of rotatable bonds is 6. The van der Waals surface area contributed by atoms with Crippen LogP contribution in [0.5, 0.6) is 0 Å². The van der Waals surface area contributed by atoms with Gasteiger partial charge < -0.3 is 5.73 Å². The van der Waals surface area contributed by atoms with E-state index in [-0.39, 0.29) is 0 Å². The van der Waals surface area contributed by atoms with Crippen LogP contribution in [0.3, 0.4) is 0 Å². The van der Waals surface area contributed by atoms with E-state index in [1.807, 2.05) is 0 Å². The molecule has 1 aromatic rings. The predicted octanol–water partition coefficient (Wildman–Crippen LogP) is 2.56. The molecular formula is C15H22N2. The molecule has 2 N–H and O–H groups in total. The topological polar surface area (TPSA) is 29.3 Å². The average molecular weight is 230 g/mol. The number of hydrogen-bond acceptors (Lipinski definition) is 2. The van der Waals surface area contributed by atoms with E-state index in [0.29, 0.717) is 0 Å². The third kappa shape index (κ3) is 3.99. The maximum Gasteiger partial charge on any atom is 0.0237 e. The van der Waals surface area contributed by atoms with Gasteiger partial charge in [-0.1, -0.05) is 42.0 Å². The van der Waals surface area contributed by atoms with Gasteiger partial charge in [-0.3, -0.25) is 4.90 Å². The fourth-order valence-corrected chi connectivity index (χ4v) is 2.41. The van der Waals surface area contributed by atoms with Crippen LogP contribution >= 0.6 is 0 Å². The van der Waals surface area contributed by atoms with Crippen LogP contribution in [0.2, 0.25) is 0 Å². The molecule has 1 aliphatic carbocycles. The molecule has 0 aromatic heterocycles. The number of allylic oxidation sites excluding steroid dienone is 1. The summed E-state index contributed by atoms with van der Waals surface area (Å²) in [5.41, 5.74) is 8.66. The Balaban J connectivity index is 1.92. The number of nitrogens with two attached hydrogens (primary N) is 1. The van der Waals surface area contributed by atoms with Crippen LogP contribution in [-0.2, 0) is 6.54 Å². The largest absolute Gasteiger partial charge is 0.329 e. The molecule has 0 heterocycles. The summed E-state index contributed by atoms with van der Waals surface area (Å²) in [5.74, 6) is 0. The van der Waals surface area contributed by atoms with E-state index in [1.54, 1.807) is 5.57 Å². The summed E-state index contributed by atoms with van der Waals surface area (Å²) in [7, 11) is 0. The van der Waals surface area contributed by atoms with Gasteiger partial charge in [0.25, 0.3) is 0 Å². The first kappa shape index (κ1) is 12.3. The van der Waals surface area contributed by atoms with Crippen molar-refractivity contribution in [2.24, 2.45) is 5.73 Å². The van der Waals surface area contributed by atoms with Gasteiger partial charge in [-0.05, 0) is 24.8 Å². The molecular weight excluding hydrogens is 208 g/mol. The quantitative estimate of drug-likeness (QED) is 0.761. The van der Waals surface area contributed by atoms with Gasteiger partial charge in [0.15, 0.2) is 0 Å². The van der Waals surface area contributed by atoms with E-state index in [1.165, 1.54) is 24.8 Å². The Morgan fingerprint density at radius 1 is 1.12 bits per heavy atom. The summed E-state index contributed by atoms with van der Waals surface area (Å²) in [6.07, 6.45) is 6.26. The fraction of sp³-hybridized carbons (Fsp3) is 0.467. The molecule has 2 heteroatoms. The van der Waals surface area contributed by atoms with Crippen LogP contribution in [0.4, 0.5) is 0 Å². The number of benzene rings is 1. The van der Waals surface area contributed by atoms with Crippen molar-refractivity contribution in [2.75, 3.05) is 19.6 Å². The highest BCUT2D eigenvalue weighted by Gasteiger charge is 2.10. The van der Waals surface area contributed by atoms with E-state index in [0.717, 1.165) is 26.2 Å². The lowest BCUT2D eigenvalue weighted by Crippen LogP contribution is -2.30. The number of hydrogen-bond donors (Lipinski definition) is 1. The molecule has 0 amide bonds. The molecule has 0 bridgehead atoms. The first-order chi connectivity index (χ1) is 8.38. The minimum absolute atomic E-state index is 0.736. The second kappa shape index (κ2) is 6.58. The second-order valence-corrected chi connectivity index (χ2v) is 4.74. The SMILES string of the molecule is NCCN(CC1=CCCC1)Cc1ccccc1. The van der Waals surface area contributed by atoms with Gasteiger partial charge >= 0.3 is 0 Å². The molecule has 2 rings (SSSR count). The van der Waals surface area contributed by atoms with Crippen molar-refractivity contribution in [3.8, 4) is 0 Å². The Hall–Kier alpha value is -1.12. The summed E-state index contributed by atoms with van der Waals surface area (Å²) in [6.45, 7) is 3.81. The minimum Gasteiger partial charge on any atom is -0.329 e. The molecule has 0 unspecified atom stereocenters. The Morgan fingerprint density at radius 2 is 1.94 bits per heavy atom. The van der Waals surface area contributed by atoms with Gasteiger partial charge in [0.1, 0.15) is 0 Å². The molecule has 2 nitrogen and oxygen atoms in total. The van der Waals surface area contributed by atoms with Crippen molar-refractivity contribution in [3.05, 3.63) is 47.5 Å². The smallest absolute Gasteiger partial charge is 0.0237 e. The second-order valence-electron chi connectivity index (χ2n) is 4.74. The van der Waals surface area contributed by atoms with E-state index >= 15 is 0 Å². The standard InChI is InChI=1S/C15H22N2/c16-10-11-17(13-15-8-4-5-9-15)12-14-6-2-1-3-7-14/h1-3,6-8H,4-5,9-13,16H2. The molecule has 0 spiro atoms. The lowest BCUT2D eigenvalue weighted by molar-refractivity contribution is 0.294. The lowest BCUT2D eigenvalue weighted by atomic mass is 10.2. The molecule has 1 aliphatic rings. The Morgan fingerprint density at radius 3 is 2.59 bits per heavy atom. The predicted molar refractivity (Wildman–Crippen MR) is 72.7 cm³/mol. The van der Waals surface area contributed by atoms with Crippen LogP contribution < -0.4 is 5.73 Å². The number of nitrogens with zero attached hydrogens (tertiary/aromatic N) is 1. The van der Waals surface area contributed by atoms with Crippen molar-refractivity contribution < 1.29 is 0 Å². The zero-order chi connectivity index (χ0) is 11.9. The summed E-state index contributed by atoms with van der Waals surface area (Å²) >= 11 is 0. The van der Waals surface area contributed by atoms with Gasteiger partial charge in [0.05, 0.1) is 0 Å². The van der Waals surface area contributed by atoms with Crippen LogP contribution in [0.1, 0.15) is 24.8 Å². The van der Waals surface area contributed by atoms with Crippen molar-refractivity contribution in [2.45, 2.75) is 25.8 Å². The molecule has 0 atom stereocenters. The minimum atomic E-state index is 0.736. The zero-order valence-electron chi connectivity index (χ0n) is 10.4. The highest BCUT2D eigenvalue weighted by atomic mass is 15.1. The summed E-state index contributed by atoms with van der Waals surface area (Å²) in [4.78, 5) is 2.45. The summed E-state index contributed by atoms with van der Waals surface area (Å²) in [6, 6.07) is 10.6. The Labute approximate surface area is 104 Å². The third-order valence-electron chi connectivity index (χ3n) is 3.26. The molecule has 0 saturated heterocycles. The van der Waals surface area contributed by atoms with Crippen molar-refractivity contribution >= 4 is 0 Å². The van der Waals surface area contributed by atoms with Crippen LogP contribution in [-0.4, -0.2) is 24.5 Å². The first-order valence-corrected chi connectivity index (χ1v) is 6.53. The highest BCUT2D eigenvalue weighted by molar-refractivity contribution is 5.15. The van der Waals surface area contributed by atoms with Crippen molar-refractivity contribution in [3.63, 3.8) is 0 Å². The molecule has 0 aliphatic heterocycles. The van der Waals surface area contributed by atoms with Crippen LogP contribution in [0.15, 0.2) is 42.0 Å². The highest BCUT2D eigenvalue weighted by Crippen LogP contribution is 2.19. The van der Waals surface area contributed by atoms with Gasteiger partial charge in [-0.2, -0.15) is 0 Å². The molecule has 1 aromatic carbocycles. The first-order valence-electron chi connectivity index (χ1n) is 6.53. The summed E-state index contributed by atoms with van der Waals surface area (Å²) < 4.78 is 0. The molecule has 0 saturated carbocycles. The van der Waals surface area contributed by atoms with Crippen LogP contribution in [0.25, 0.3) is 0 Å². The maximum atomic E-state index is 5.70. The van der Waals surface area contributed by atoms with Crippen molar-refractivity contribution in [1.82, 2.24) is 4.90 Å². The maximum absolute atomic E-state index is 5.70. The van der Waals surface area contributed by atoms with E-state index in [9.17, 15) is 0 Å². The average Bonchev–Trinajstić information content (AvgIpc) is 2.83. The van der Waals surface area contributed by atoms with Gasteiger partial charge in [-0.15, -0.1) is 0 Å². The normalized spacial score (nSPS) is 15.3. The van der Waals surface area contributed by atoms with E-state index in [4.69, 9.17) is 5.73 Å². The monoisotopic (exact) mass is 230 g/mol. The van der Waals surface area contributed by atoms with Gasteiger partial charge in [-0.25, -0.2) is 0 Å². The van der Waals surface area contributed by atoms with E-state index in [2.05, 4.69) is 41.3 Å². The Bertz CT molecular complexity index is 356. The molecule has 17 heavy (non-hydrogen) atoms. The summed E-state index contributed by atoms with van der Waals surface area (Å²) in [5, 5.41) is 0. The fourth-order valence-electron chi connectivity index (χ4n) is 2.41. The lowest BCUT2D eigenvalue weighted by Gasteiger charge is -2.22.